The van der Waals surface area contributed by atoms with Gasteiger partial charge in [-0.2, -0.15) is 0 Å². The number of anilines is 3. The van der Waals surface area contributed by atoms with Crippen molar-refractivity contribution in [2.45, 2.75) is 45.9 Å². The van der Waals surface area contributed by atoms with Gasteiger partial charge in [-0.1, -0.05) is 36.4 Å². The summed E-state index contributed by atoms with van der Waals surface area (Å²) in [6, 6.07) is 24.5. The lowest BCUT2D eigenvalue weighted by molar-refractivity contribution is 0.0219. The zero-order valence-corrected chi connectivity index (χ0v) is 25.5. The minimum absolute atomic E-state index is 0.104. The Bertz CT molecular complexity index is 1730. The molecule has 44 heavy (non-hydrogen) atoms. The van der Waals surface area contributed by atoms with Crippen molar-refractivity contribution < 1.29 is 14.3 Å². The Morgan fingerprint density at radius 2 is 1.80 bits per heavy atom. The molecule has 1 amide bonds. The topological polar surface area (TPSA) is 97.6 Å². The maximum Gasteiger partial charge on any atom is 0.410 e. The maximum absolute atomic E-state index is 12.7. The van der Waals surface area contributed by atoms with Gasteiger partial charge in [-0.05, 0) is 63.6 Å². The van der Waals surface area contributed by atoms with Gasteiger partial charge in [0.1, 0.15) is 23.8 Å². The number of carbonyl (C=O) groups is 1. The average molecular weight is 592 g/mol. The van der Waals surface area contributed by atoms with Gasteiger partial charge in [0, 0.05) is 55.2 Å². The molecule has 226 valence electrons. The number of nitrogens with zero attached hydrogens (tertiary/aromatic N) is 6. The van der Waals surface area contributed by atoms with E-state index in [1.807, 2.05) is 86.1 Å². The predicted octanol–water partition coefficient (Wildman–Crippen LogP) is 6.58. The van der Waals surface area contributed by atoms with Crippen LogP contribution in [0.4, 0.5) is 22.1 Å². The monoisotopic (exact) mass is 591 g/mol. The van der Waals surface area contributed by atoms with E-state index in [0.717, 1.165) is 33.6 Å². The number of hydrogen-bond acceptors (Lipinski definition) is 8. The van der Waals surface area contributed by atoms with Crippen LogP contribution < -0.4 is 15.0 Å². The second-order valence-electron chi connectivity index (χ2n) is 11.9. The summed E-state index contributed by atoms with van der Waals surface area (Å²) in [5.41, 5.74) is 3.43. The molecule has 3 heterocycles. The Labute approximate surface area is 257 Å². The molecule has 0 aliphatic carbocycles. The second-order valence-corrected chi connectivity index (χ2v) is 11.9. The number of nitrogens with one attached hydrogen (secondary N) is 1. The van der Waals surface area contributed by atoms with Gasteiger partial charge in [-0.15, -0.1) is 5.10 Å². The summed E-state index contributed by atoms with van der Waals surface area (Å²) >= 11 is 0. The highest BCUT2D eigenvalue weighted by Gasteiger charge is 2.30. The normalized spacial score (nSPS) is 15.3. The number of aromatic nitrogens is 4. The third kappa shape index (κ3) is 6.59. The first-order valence-corrected chi connectivity index (χ1v) is 14.8. The molecule has 5 aromatic rings. The Hall–Kier alpha value is -5.12. The van der Waals surface area contributed by atoms with Gasteiger partial charge in [0.05, 0.1) is 17.4 Å². The molecule has 1 aliphatic heterocycles. The number of hydrogen-bond donors (Lipinski definition) is 1. The van der Waals surface area contributed by atoms with Crippen LogP contribution in [0.25, 0.3) is 16.6 Å². The minimum Gasteiger partial charge on any atom is -0.489 e. The summed E-state index contributed by atoms with van der Waals surface area (Å²) in [5.74, 6) is 2.02. The number of carbonyl (C=O) groups excluding carboxylic acids is 1. The Morgan fingerprint density at radius 3 is 2.55 bits per heavy atom. The van der Waals surface area contributed by atoms with Crippen LogP contribution in [-0.4, -0.2) is 62.0 Å². The van der Waals surface area contributed by atoms with Gasteiger partial charge in [-0.3, -0.25) is 4.98 Å². The molecular weight excluding hydrogens is 554 g/mol. The van der Waals surface area contributed by atoms with Crippen LogP contribution in [0.3, 0.4) is 0 Å². The number of ether oxygens (including phenoxy) is 2. The fourth-order valence-electron chi connectivity index (χ4n) is 5.34. The highest BCUT2D eigenvalue weighted by molar-refractivity contribution is 5.93. The molecule has 10 heteroatoms. The molecule has 3 aromatic carbocycles. The molecule has 1 fully saturated rings. The molecule has 1 saturated heterocycles. The van der Waals surface area contributed by atoms with Crippen LogP contribution >= 0.6 is 0 Å². The van der Waals surface area contributed by atoms with Gasteiger partial charge in [0.2, 0.25) is 0 Å². The molecule has 0 radical (unpaired) electrons. The summed E-state index contributed by atoms with van der Waals surface area (Å²) in [7, 11) is 0. The maximum atomic E-state index is 12.7. The van der Waals surface area contributed by atoms with Crippen LogP contribution in [0.15, 0.2) is 91.4 Å². The molecule has 10 nitrogen and oxygen atoms in total. The average Bonchev–Trinajstić information content (AvgIpc) is 3.37. The quantitative estimate of drug-likeness (QED) is 0.227. The second kappa shape index (κ2) is 12.2. The third-order valence-corrected chi connectivity index (χ3v) is 7.40. The van der Waals surface area contributed by atoms with Gasteiger partial charge in [-0.25, -0.2) is 14.5 Å². The summed E-state index contributed by atoms with van der Waals surface area (Å²) in [5, 5.41) is 9.23. The van der Waals surface area contributed by atoms with Crippen molar-refractivity contribution in [3.8, 4) is 11.4 Å². The van der Waals surface area contributed by atoms with E-state index in [4.69, 9.17) is 14.6 Å². The van der Waals surface area contributed by atoms with Gasteiger partial charge in [0.25, 0.3) is 0 Å². The first-order chi connectivity index (χ1) is 21.2. The Morgan fingerprint density at radius 1 is 0.977 bits per heavy atom. The zero-order chi connectivity index (χ0) is 30.7. The van der Waals surface area contributed by atoms with E-state index >= 15 is 0 Å². The van der Waals surface area contributed by atoms with Crippen molar-refractivity contribution in [2.75, 3.05) is 29.9 Å². The van der Waals surface area contributed by atoms with Crippen molar-refractivity contribution in [3.63, 3.8) is 0 Å². The van der Waals surface area contributed by atoms with Crippen LogP contribution in [0, 0.1) is 0 Å². The van der Waals surface area contributed by atoms with Crippen molar-refractivity contribution in [3.05, 3.63) is 97.0 Å². The number of fused-ring (bicyclic) bond motifs is 1. The largest absolute Gasteiger partial charge is 0.489 e. The van der Waals surface area contributed by atoms with E-state index in [2.05, 4.69) is 39.2 Å². The molecule has 0 spiro atoms. The molecular formula is C34H37N7O3. The highest BCUT2D eigenvalue weighted by atomic mass is 16.6. The fourth-order valence-corrected chi connectivity index (χ4v) is 5.34. The van der Waals surface area contributed by atoms with E-state index in [1.54, 1.807) is 23.5 Å². The van der Waals surface area contributed by atoms with Crippen molar-refractivity contribution >= 4 is 34.3 Å². The summed E-state index contributed by atoms with van der Waals surface area (Å²) in [6.07, 6.45) is 4.68. The van der Waals surface area contributed by atoms with Crippen molar-refractivity contribution in [2.24, 2.45) is 0 Å². The van der Waals surface area contributed by atoms with Crippen LogP contribution in [-0.2, 0) is 11.3 Å². The predicted molar refractivity (Wildman–Crippen MR) is 172 cm³/mol. The van der Waals surface area contributed by atoms with E-state index in [1.165, 1.54) is 0 Å². The molecule has 1 aliphatic rings. The number of benzene rings is 3. The lowest BCUT2D eigenvalue weighted by Gasteiger charge is -2.41. The van der Waals surface area contributed by atoms with Gasteiger partial charge >= 0.3 is 6.09 Å². The lowest BCUT2D eigenvalue weighted by Crippen LogP contribution is -2.54. The number of piperazine rings is 1. The molecule has 1 atom stereocenters. The SMILES string of the molecule is C[C@H]1CN(C(=O)OC(C)(C)C)CCN1c1cccc(-n2nc(Nc3cnccn3)c3ccc(OCc4ccccc4)cc32)c1. The summed E-state index contributed by atoms with van der Waals surface area (Å²) in [4.78, 5) is 25.4. The fraction of sp³-hybridized carbons (Fsp3) is 0.294. The smallest absolute Gasteiger partial charge is 0.410 e. The van der Waals surface area contributed by atoms with Crippen molar-refractivity contribution in [1.82, 2.24) is 24.6 Å². The minimum atomic E-state index is -0.522. The molecule has 0 unspecified atom stereocenters. The number of amides is 1. The van der Waals surface area contributed by atoms with Crippen LogP contribution in [0.1, 0.15) is 33.3 Å². The van der Waals surface area contributed by atoms with E-state index in [-0.39, 0.29) is 12.1 Å². The molecule has 0 saturated carbocycles. The van der Waals surface area contributed by atoms with E-state index in [9.17, 15) is 4.79 Å². The first-order valence-electron chi connectivity index (χ1n) is 14.8. The van der Waals surface area contributed by atoms with Crippen LogP contribution in [0.5, 0.6) is 5.75 Å². The third-order valence-electron chi connectivity index (χ3n) is 7.40. The number of rotatable bonds is 7. The molecule has 0 bridgehead atoms. The molecule has 2 aromatic heterocycles. The van der Waals surface area contributed by atoms with Crippen LogP contribution in [0.2, 0.25) is 0 Å². The lowest BCUT2D eigenvalue weighted by atomic mass is 10.1. The van der Waals surface area contributed by atoms with Gasteiger partial charge < -0.3 is 24.6 Å². The highest BCUT2D eigenvalue weighted by Crippen LogP contribution is 2.32. The molecule has 1 N–H and O–H groups in total. The van der Waals surface area contributed by atoms with E-state index in [0.29, 0.717) is 37.9 Å². The Balaban J connectivity index is 1.30. The summed E-state index contributed by atoms with van der Waals surface area (Å²) < 4.78 is 13.7. The first kappa shape index (κ1) is 29.0. The zero-order valence-electron chi connectivity index (χ0n) is 25.5. The standard InChI is InChI=1S/C34H37N7O3/c1-24-22-39(33(42)44-34(2,3)4)17-18-40(24)26-11-8-12-27(19-26)41-30-20-28(43-23-25-9-6-5-7-10-25)13-14-29(30)32(38-41)37-31-21-35-15-16-36-31/h5-16,19-21,24H,17-18,22-23H2,1-4H3,(H,36,37,38)/t24-/m0/s1. The van der Waals surface area contributed by atoms with Crippen molar-refractivity contribution in [1.29, 1.82) is 0 Å². The Kier molecular flexibility index (Phi) is 8.06. The van der Waals surface area contributed by atoms with Gasteiger partial charge in [0.15, 0.2) is 5.82 Å². The summed E-state index contributed by atoms with van der Waals surface area (Å²) in [6.45, 7) is 10.1. The molecule has 6 rings (SSSR count). The van der Waals surface area contributed by atoms with E-state index < -0.39 is 5.60 Å².